The number of carbonyl (C=O) groups excluding carboxylic acids is 1. The van der Waals surface area contributed by atoms with Crippen LogP contribution in [0.25, 0.3) is 11.6 Å². The number of carboxylic acids is 1. The van der Waals surface area contributed by atoms with Crippen molar-refractivity contribution < 1.29 is 28.9 Å². The Bertz CT molecular complexity index is 1060. The molecule has 0 fully saturated rings. The minimum absolute atomic E-state index is 0.0646. The summed E-state index contributed by atoms with van der Waals surface area (Å²) in [6.45, 7) is 6.97. The molecule has 2 rings (SSSR count). The Morgan fingerprint density at radius 1 is 0.786 bits per heavy atom. The van der Waals surface area contributed by atoms with Crippen molar-refractivity contribution in [1.82, 2.24) is 0 Å². The van der Waals surface area contributed by atoms with E-state index in [4.69, 9.17) is 14.2 Å². The lowest BCUT2D eigenvalue weighted by Gasteiger charge is -2.15. The number of aliphatic carboxylic acids is 1. The van der Waals surface area contributed by atoms with Gasteiger partial charge in [0.1, 0.15) is 0 Å². The van der Waals surface area contributed by atoms with Crippen molar-refractivity contribution in [3.63, 3.8) is 0 Å². The highest BCUT2D eigenvalue weighted by Crippen LogP contribution is 2.26. The van der Waals surface area contributed by atoms with E-state index in [-0.39, 0.29) is 11.5 Å². The number of ether oxygens (including phenoxy) is 3. The lowest BCUT2D eigenvalue weighted by molar-refractivity contribution is -0.144. The molecule has 2 aromatic rings. The van der Waals surface area contributed by atoms with Crippen molar-refractivity contribution in [2.75, 3.05) is 20.8 Å². The van der Waals surface area contributed by atoms with Gasteiger partial charge in [-0.1, -0.05) is 133 Å². The fraction of sp³-hybridized carbons (Fsp3) is 0.500. The molecule has 0 amide bonds. The van der Waals surface area contributed by atoms with Crippen LogP contribution >= 0.6 is 0 Å². The highest BCUT2D eigenvalue weighted by molar-refractivity contribution is 5.94. The first-order chi connectivity index (χ1) is 20.4. The van der Waals surface area contributed by atoms with Crippen LogP contribution in [0.2, 0.25) is 0 Å². The van der Waals surface area contributed by atoms with Crippen molar-refractivity contribution in [3.05, 3.63) is 83.3 Å². The molecule has 0 aliphatic rings. The summed E-state index contributed by atoms with van der Waals surface area (Å²) in [6, 6.07) is 19.3. The van der Waals surface area contributed by atoms with Gasteiger partial charge in [-0.3, -0.25) is 0 Å². The first-order valence-corrected chi connectivity index (χ1v) is 15.4. The molecule has 1 N–H and O–H groups in total. The quantitative estimate of drug-likeness (QED) is 0.0772. The molecule has 0 spiro atoms. The molecule has 2 aromatic carbocycles. The van der Waals surface area contributed by atoms with Gasteiger partial charge in [-0.05, 0) is 42.4 Å². The molecule has 0 bridgehead atoms. The Balaban J connectivity index is 0.000000420. The summed E-state index contributed by atoms with van der Waals surface area (Å²) >= 11 is 0. The average Bonchev–Trinajstić information content (AvgIpc) is 3.02. The molecular weight excluding hydrogens is 528 g/mol. The Kier molecular flexibility index (Phi) is 20.0. The number of hydrogen-bond donors (Lipinski definition) is 1. The van der Waals surface area contributed by atoms with Crippen LogP contribution in [0.3, 0.4) is 0 Å². The summed E-state index contributed by atoms with van der Waals surface area (Å²) in [4.78, 5) is 23.4. The minimum atomic E-state index is -0.998. The Morgan fingerprint density at radius 2 is 1.38 bits per heavy atom. The summed E-state index contributed by atoms with van der Waals surface area (Å²) in [5, 5.41) is 9.29. The molecule has 0 aliphatic heterocycles. The molecule has 0 radical (unpaired) electrons. The van der Waals surface area contributed by atoms with Gasteiger partial charge in [0.05, 0.1) is 20.8 Å². The fourth-order valence-corrected chi connectivity index (χ4v) is 4.51. The molecular formula is C36H52O6. The second-order valence-electron chi connectivity index (χ2n) is 10.3. The third-order valence-corrected chi connectivity index (χ3v) is 7.09. The number of hydrogen-bond acceptors (Lipinski definition) is 5. The lowest BCUT2D eigenvalue weighted by Crippen LogP contribution is -2.16. The number of allylic oxidation sites excluding steroid dienone is 1. The van der Waals surface area contributed by atoms with Gasteiger partial charge in [0.15, 0.2) is 0 Å². The van der Waals surface area contributed by atoms with Crippen LogP contribution in [0.1, 0.15) is 103 Å². The number of esters is 1. The molecule has 1 atom stereocenters. The van der Waals surface area contributed by atoms with Crippen LogP contribution in [0, 0.1) is 5.92 Å². The van der Waals surface area contributed by atoms with Gasteiger partial charge in [0.25, 0.3) is 0 Å². The van der Waals surface area contributed by atoms with E-state index in [1.807, 2.05) is 60.7 Å². The van der Waals surface area contributed by atoms with Crippen molar-refractivity contribution in [1.29, 1.82) is 0 Å². The topological polar surface area (TPSA) is 82.1 Å². The van der Waals surface area contributed by atoms with E-state index in [0.29, 0.717) is 12.5 Å². The second kappa shape index (κ2) is 23.1. The molecule has 0 heterocycles. The SMILES string of the molecule is CCCCC(CC)COC(=O)C(=Cc1ccccc1)OC.CCCCCCCCC(=C(OC)C(=O)O)c1ccccc1. The van der Waals surface area contributed by atoms with Gasteiger partial charge in [-0.25, -0.2) is 9.59 Å². The Morgan fingerprint density at radius 3 is 1.93 bits per heavy atom. The van der Waals surface area contributed by atoms with Crippen LogP contribution in [0.4, 0.5) is 0 Å². The van der Waals surface area contributed by atoms with Crippen molar-refractivity contribution in [2.24, 2.45) is 5.92 Å². The zero-order valence-electron chi connectivity index (χ0n) is 26.4. The van der Waals surface area contributed by atoms with Gasteiger partial charge in [-0.15, -0.1) is 0 Å². The van der Waals surface area contributed by atoms with E-state index in [1.165, 1.54) is 52.7 Å². The van der Waals surface area contributed by atoms with Gasteiger partial charge < -0.3 is 19.3 Å². The number of carboxylic acid groups (broad SMARTS) is 1. The first kappa shape index (κ1) is 36.5. The summed E-state index contributed by atoms with van der Waals surface area (Å²) < 4.78 is 15.6. The molecule has 42 heavy (non-hydrogen) atoms. The van der Waals surface area contributed by atoms with Crippen molar-refractivity contribution in [2.45, 2.75) is 91.4 Å². The second-order valence-corrected chi connectivity index (χ2v) is 10.3. The van der Waals surface area contributed by atoms with Crippen LogP contribution in [0.5, 0.6) is 0 Å². The van der Waals surface area contributed by atoms with Crippen LogP contribution in [-0.4, -0.2) is 37.9 Å². The van der Waals surface area contributed by atoms with E-state index in [1.54, 1.807) is 6.08 Å². The number of benzene rings is 2. The number of unbranched alkanes of at least 4 members (excludes halogenated alkanes) is 6. The van der Waals surface area contributed by atoms with Gasteiger partial charge in [-0.2, -0.15) is 0 Å². The predicted molar refractivity (Wildman–Crippen MR) is 172 cm³/mol. The molecule has 0 aromatic heterocycles. The molecule has 0 saturated heterocycles. The monoisotopic (exact) mass is 580 g/mol. The molecule has 0 aliphatic carbocycles. The lowest BCUT2D eigenvalue weighted by atomic mass is 9.97. The van der Waals surface area contributed by atoms with E-state index in [2.05, 4.69) is 20.8 Å². The van der Waals surface area contributed by atoms with E-state index < -0.39 is 11.9 Å². The first-order valence-electron chi connectivity index (χ1n) is 15.4. The molecule has 232 valence electrons. The zero-order valence-corrected chi connectivity index (χ0v) is 26.4. The van der Waals surface area contributed by atoms with Gasteiger partial charge in [0.2, 0.25) is 11.5 Å². The van der Waals surface area contributed by atoms with Crippen LogP contribution in [-0.2, 0) is 23.8 Å². The molecule has 0 saturated carbocycles. The fourth-order valence-electron chi connectivity index (χ4n) is 4.51. The average molecular weight is 581 g/mol. The molecule has 6 heteroatoms. The van der Waals surface area contributed by atoms with E-state index in [0.717, 1.165) is 48.8 Å². The standard InChI is InChI=1S/2C18H26O3/c1-4-6-10-15(5-2)14-21-18(19)17(20-3)13-16-11-8-7-9-12-16;1-3-4-5-6-7-11-14-16(17(21-2)18(19)20)15-12-9-8-10-13-15/h7-9,11-13,15H,4-6,10,14H2,1-3H3;8-10,12-13H,3-7,11,14H2,1-2H3,(H,19,20). The Labute approximate surface area is 253 Å². The third kappa shape index (κ3) is 14.9. The predicted octanol–water partition coefficient (Wildman–Crippen LogP) is 9.31. The highest BCUT2D eigenvalue weighted by atomic mass is 16.6. The minimum Gasteiger partial charge on any atom is -0.490 e. The molecule has 1 unspecified atom stereocenters. The smallest absolute Gasteiger partial charge is 0.373 e. The summed E-state index contributed by atoms with van der Waals surface area (Å²) in [6.07, 6.45) is 14.0. The summed E-state index contributed by atoms with van der Waals surface area (Å²) in [7, 11) is 2.91. The third-order valence-electron chi connectivity index (χ3n) is 7.09. The number of rotatable bonds is 19. The van der Waals surface area contributed by atoms with Crippen LogP contribution in [0.15, 0.2) is 72.2 Å². The van der Waals surface area contributed by atoms with Gasteiger partial charge in [0, 0.05) is 5.57 Å². The van der Waals surface area contributed by atoms with E-state index >= 15 is 0 Å². The normalized spacial score (nSPS) is 12.4. The maximum Gasteiger partial charge on any atom is 0.373 e. The molecule has 6 nitrogen and oxygen atoms in total. The zero-order chi connectivity index (χ0) is 31.0. The number of carbonyl (C=O) groups is 2. The number of methoxy groups -OCH3 is 2. The largest absolute Gasteiger partial charge is 0.490 e. The van der Waals surface area contributed by atoms with Crippen LogP contribution < -0.4 is 0 Å². The van der Waals surface area contributed by atoms with Crippen molar-refractivity contribution >= 4 is 23.6 Å². The van der Waals surface area contributed by atoms with Gasteiger partial charge >= 0.3 is 11.9 Å². The van der Waals surface area contributed by atoms with Crippen molar-refractivity contribution in [3.8, 4) is 0 Å². The Hall–Kier alpha value is -3.54. The maximum atomic E-state index is 12.1. The highest BCUT2D eigenvalue weighted by Gasteiger charge is 2.17. The van der Waals surface area contributed by atoms with E-state index in [9.17, 15) is 14.7 Å². The summed E-state index contributed by atoms with van der Waals surface area (Å²) in [5.74, 6) is -0.649. The maximum absolute atomic E-state index is 12.1. The summed E-state index contributed by atoms with van der Waals surface area (Å²) in [5.41, 5.74) is 2.65.